The van der Waals surface area contributed by atoms with E-state index in [1.807, 2.05) is 0 Å². The first-order valence-electron chi connectivity index (χ1n) is 6.48. The minimum Gasteiger partial charge on any atom is -0.494 e. The average molecular weight is 275 g/mol. The van der Waals surface area contributed by atoms with Gasteiger partial charge in [-0.25, -0.2) is 14.4 Å². The topological polar surface area (TPSA) is 47.0 Å². The van der Waals surface area contributed by atoms with Gasteiger partial charge in [-0.2, -0.15) is 0 Å². The molecule has 4 nitrogen and oxygen atoms in total. The summed E-state index contributed by atoms with van der Waals surface area (Å²) in [5.41, 5.74) is 1.74. The first-order chi connectivity index (χ1) is 9.60. The van der Waals surface area contributed by atoms with Crippen LogP contribution in [0.2, 0.25) is 0 Å². The second-order valence-corrected chi connectivity index (χ2v) is 4.80. The summed E-state index contributed by atoms with van der Waals surface area (Å²) in [7, 11) is 1.43. The summed E-state index contributed by atoms with van der Waals surface area (Å²) in [4.78, 5) is 8.61. The zero-order valence-electron chi connectivity index (χ0n) is 11.9. The molecular weight excluding hydrogens is 257 g/mol. The molecule has 0 saturated heterocycles. The highest BCUT2D eigenvalue weighted by molar-refractivity contribution is 5.57. The van der Waals surface area contributed by atoms with Crippen molar-refractivity contribution in [1.82, 2.24) is 15.3 Å². The predicted octanol–water partition coefficient (Wildman–Crippen LogP) is 2.79. The lowest BCUT2D eigenvalue weighted by Gasteiger charge is -2.08. The van der Waals surface area contributed by atoms with Gasteiger partial charge in [-0.1, -0.05) is 13.8 Å². The molecule has 0 saturated carbocycles. The number of aromatic nitrogens is 2. The van der Waals surface area contributed by atoms with E-state index in [4.69, 9.17) is 4.74 Å². The predicted molar refractivity (Wildman–Crippen MR) is 76.0 cm³/mol. The quantitative estimate of drug-likeness (QED) is 0.911. The van der Waals surface area contributed by atoms with Crippen LogP contribution >= 0.6 is 0 Å². The highest BCUT2D eigenvalue weighted by Crippen LogP contribution is 2.23. The van der Waals surface area contributed by atoms with E-state index in [2.05, 4.69) is 29.1 Å². The fraction of sp³-hybridized carbons (Fsp3) is 0.333. The van der Waals surface area contributed by atoms with Gasteiger partial charge < -0.3 is 10.1 Å². The summed E-state index contributed by atoms with van der Waals surface area (Å²) in [6.45, 7) is 4.89. The molecule has 0 aliphatic carbocycles. The Kier molecular flexibility index (Phi) is 4.63. The second kappa shape index (κ2) is 6.43. The molecule has 0 radical (unpaired) electrons. The minimum atomic E-state index is -0.394. The highest BCUT2D eigenvalue weighted by atomic mass is 19.1. The first kappa shape index (κ1) is 14.4. The molecule has 0 spiro atoms. The van der Waals surface area contributed by atoms with Crippen LogP contribution in [0.15, 0.2) is 30.6 Å². The number of halogens is 1. The molecule has 106 valence electrons. The van der Waals surface area contributed by atoms with Gasteiger partial charge in [-0.05, 0) is 18.2 Å². The fourth-order valence-electron chi connectivity index (χ4n) is 1.72. The zero-order valence-corrected chi connectivity index (χ0v) is 11.9. The molecule has 0 amide bonds. The van der Waals surface area contributed by atoms with Gasteiger partial charge in [0.1, 0.15) is 0 Å². The number of methoxy groups -OCH3 is 1. The van der Waals surface area contributed by atoms with E-state index >= 15 is 0 Å². The SMILES string of the molecule is COc1cc(-c2ncc(CNC(C)C)cn2)ccc1F. The van der Waals surface area contributed by atoms with Crippen LogP contribution in [0.25, 0.3) is 11.4 Å². The van der Waals surface area contributed by atoms with E-state index < -0.39 is 5.82 Å². The lowest BCUT2D eigenvalue weighted by Crippen LogP contribution is -2.21. The molecule has 0 bridgehead atoms. The number of rotatable bonds is 5. The van der Waals surface area contributed by atoms with Gasteiger partial charge in [0.2, 0.25) is 0 Å². The Hall–Kier alpha value is -2.01. The van der Waals surface area contributed by atoms with Gasteiger partial charge in [0.15, 0.2) is 17.4 Å². The third-order valence-corrected chi connectivity index (χ3v) is 2.83. The van der Waals surface area contributed by atoms with E-state index in [-0.39, 0.29) is 5.75 Å². The Morgan fingerprint density at radius 2 is 1.95 bits per heavy atom. The third-order valence-electron chi connectivity index (χ3n) is 2.83. The number of nitrogens with one attached hydrogen (secondary N) is 1. The van der Waals surface area contributed by atoms with Gasteiger partial charge in [0.25, 0.3) is 0 Å². The number of nitrogens with zero attached hydrogens (tertiary/aromatic N) is 2. The molecule has 0 aliphatic heterocycles. The van der Waals surface area contributed by atoms with Crippen LogP contribution in [0, 0.1) is 5.82 Å². The number of hydrogen-bond acceptors (Lipinski definition) is 4. The van der Waals surface area contributed by atoms with Crippen LogP contribution < -0.4 is 10.1 Å². The Bertz CT molecular complexity index is 570. The normalized spacial score (nSPS) is 10.8. The Morgan fingerprint density at radius 3 is 2.55 bits per heavy atom. The molecule has 1 aromatic carbocycles. The molecule has 20 heavy (non-hydrogen) atoms. The summed E-state index contributed by atoms with van der Waals surface area (Å²) < 4.78 is 18.3. The van der Waals surface area contributed by atoms with Crippen molar-refractivity contribution in [2.24, 2.45) is 0 Å². The maximum Gasteiger partial charge on any atom is 0.165 e. The van der Waals surface area contributed by atoms with Crippen LogP contribution in [-0.4, -0.2) is 23.1 Å². The largest absolute Gasteiger partial charge is 0.494 e. The molecule has 1 heterocycles. The van der Waals surface area contributed by atoms with Crippen LogP contribution in [0.5, 0.6) is 5.75 Å². The molecule has 0 unspecified atom stereocenters. The fourth-order valence-corrected chi connectivity index (χ4v) is 1.72. The van der Waals surface area contributed by atoms with Crippen LogP contribution in [0.3, 0.4) is 0 Å². The van der Waals surface area contributed by atoms with Crippen molar-refractivity contribution in [2.45, 2.75) is 26.4 Å². The highest BCUT2D eigenvalue weighted by Gasteiger charge is 2.07. The van der Waals surface area contributed by atoms with E-state index in [1.165, 1.54) is 13.2 Å². The van der Waals surface area contributed by atoms with E-state index in [9.17, 15) is 4.39 Å². The van der Waals surface area contributed by atoms with Crippen LogP contribution in [0.4, 0.5) is 4.39 Å². The average Bonchev–Trinajstić information content (AvgIpc) is 2.46. The van der Waals surface area contributed by atoms with Crippen molar-refractivity contribution in [3.63, 3.8) is 0 Å². The first-order valence-corrected chi connectivity index (χ1v) is 6.48. The van der Waals surface area contributed by atoms with Crippen molar-refractivity contribution >= 4 is 0 Å². The molecule has 0 fully saturated rings. The molecule has 1 N–H and O–H groups in total. The van der Waals surface area contributed by atoms with Crippen LogP contribution in [-0.2, 0) is 6.54 Å². The standard InChI is InChI=1S/C15H18FN3O/c1-10(2)17-7-11-8-18-15(19-9-11)12-4-5-13(16)14(6-12)20-3/h4-6,8-10,17H,7H2,1-3H3. The Morgan fingerprint density at radius 1 is 1.25 bits per heavy atom. The maximum atomic E-state index is 13.4. The molecule has 1 aromatic heterocycles. The van der Waals surface area contributed by atoms with Crippen molar-refractivity contribution in [2.75, 3.05) is 7.11 Å². The summed E-state index contributed by atoms with van der Waals surface area (Å²) in [5, 5.41) is 3.30. The summed E-state index contributed by atoms with van der Waals surface area (Å²) in [6, 6.07) is 5.00. The Labute approximate surface area is 118 Å². The monoisotopic (exact) mass is 275 g/mol. The van der Waals surface area contributed by atoms with E-state index in [1.54, 1.807) is 24.5 Å². The van der Waals surface area contributed by atoms with Crippen molar-refractivity contribution in [1.29, 1.82) is 0 Å². The zero-order chi connectivity index (χ0) is 14.5. The van der Waals surface area contributed by atoms with E-state index in [0.717, 1.165) is 17.7 Å². The smallest absolute Gasteiger partial charge is 0.165 e. The molecule has 0 aliphatic rings. The van der Waals surface area contributed by atoms with Crippen molar-refractivity contribution in [3.05, 3.63) is 42.0 Å². The minimum absolute atomic E-state index is 0.191. The number of hydrogen-bond donors (Lipinski definition) is 1. The molecule has 5 heteroatoms. The van der Waals surface area contributed by atoms with Gasteiger partial charge >= 0.3 is 0 Å². The second-order valence-electron chi connectivity index (χ2n) is 4.80. The lowest BCUT2D eigenvalue weighted by molar-refractivity contribution is 0.387. The van der Waals surface area contributed by atoms with Gasteiger partial charge in [0.05, 0.1) is 7.11 Å². The molecule has 0 atom stereocenters. The van der Waals surface area contributed by atoms with E-state index in [0.29, 0.717) is 11.9 Å². The lowest BCUT2D eigenvalue weighted by atomic mass is 10.2. The number of benzene rings is 1. The van der Waals surface area contributed by atoms with Crippen molar-refractivity contribution < 1.29 is 9.13 Å². The Balaban J connectivity index is 2.17. The number of ether oxygens (including phenoxy) is 1. The summed E-state index contributed by atoms with van der Waals surface area (Å²) in [5.74, 6) is 0.349. The third kappa shape index (κ3) is 3.51. The van der Waals surface area contributed by atoms with Gasteiger partial charge in [-0.3, -0.25) is 0 Å². The van der Waals surface area contributed by atoms with Gasteiger partial charge in [0, 0.05) is 36.1 Å². The molecule has 2 aromatic rings. The van der Waals surface area contributed by atoms with Gasteiger partial charge in [-0.15, -0.1) is 0 Å². The van der Waals surface area contributed by atoms with Crippen LogP contribution in [0.1, 0.15) is 19.4 Å². The molecule has 2 rings (SSSR count). The summed E-state index contributed by atoms with van der Waals surface area (Å²) in [6.07, 6.45) is 3.54. The summed E-state index contributed by atoms with van der Waals surface area (Å²) >= 11 is 0. The molecular formula is C15H18FN3O. The maximum absolute atomic E-state index is 13.4. The van der Waals surface area contributed by atoms with Crippen molar-refractivity contribution in [3.8, 4) is 17.1 Å².